The number of hydrogen-bond donors (Lipinski definition) is 0. The van der Waals surface area contributed by atoms with E-state index in [1.807, 2.05) is 0 Å². The second-order valence-electron chi connectivity index (χ2n) is 6.25. The largest absolute Gasteiger partial charge is 0.148 e. The van der Waals surface area contributed by atoms with Crippen LogP contribution in [0.2, 0.25) is 6.04 Å². The van der Waals surface area contributed by atoms with Gasteiger partial charge in [0, 0.05) is 0 Å². The van der Waals surface area contributed by atoms with Crippen LogP contribution in [0.25, 0.3) is 0 Å². The molecule has 0 N–H and O–H groups in total. The Hall–Kier alpha value is -2.12. The van der Waals surface area contributed by atoms with E-state index in [0.29, 0.717) is 0 Å². The minimum absolute atomic E-state index is 1.20. The summed E-state index contributed by atoms with van der Waals surface area (Å²) < 4.78 is 0. The van der Waals surface area contributed by atoms with Gasteiger partial charge in [0.15, 0.2) is 0 Å². The minimum atomic E-state index is -1.95. The van der Waals surface area contributed by atoms with Crippen molar-refractivity contribution in [1.82, 2.24) is 0 Å². The lowest BCUT2D eigenvalue weighted by Gasteiger charge is -2.33. The molecule has 0 saturated carbocycles. The molecule has 0 atom stereocenters. The first-order valence-corrected chi connectivity index (χ1v) is 10.7. The van der Waals surface area contributed by atoms with Gasteiger partial charge < -0.3 is 0 Å². The van der Waals surface area contributed by atoms with E-state index in [4.69, 9.17) is 0 Å². The van der Waals surface area contributed by atoms with Crippen LogP contribution in [0.15, 0.2) is 84.9 Å². The molecular weight excluding hydrogens is 292 g/mol. The summed E-state index contributed by atoms with van der Waals surface area (Å²) >= 11 is 0. The van der Waals surface area contributed by atoms with Crippen molar-refractivity contribution in [2.75, 3.05) is 0 Å². The number of hydrogen-bond acceptors (Lipinski definition) is 0. The maximum Gasteiger partial charge on any atom is 0.148 e. The van der Waals surface area contributed by atoms with E-state index < -0.39 is 8.07 Å². The van der Waals surface area contributed by atoms with Gasteiger partial charge in [0.2, 0.25) is 0 Å². The van der Waals surface area contributed by atoms with Gasteiger partial charge in [-0.25, -0.2) is 0 Å². The highest BCUT2D eigenvalue weighted by atomic mass is 28.3. The Morgan fingerprint density at radius 3 is 1.48 bits per heavy atom. The molecule has 0 aliphatic carbocycles. The Morgan fingerprint density at radius 2 is 1.04 bits per heavy atom. The summed E-state index contributed by atoms with van der Waals surface area (Å²) in [4.78, 5) is 0. The molecule has 0 aliphatic heterocycles. The van der Waals surface area contributed by atoms with Crippen LogP contribution in [-0.4, -0.2) is 8.07 Å². The monoisotopic (exact) mass is 316 g/mol. The lowest BCUT2D eigenvalue weighted by molar-refractivity contribution is 1.06. The number of aryl methyl sites for hydroxylation is 1. The Bertz CT molecular complexity index is 690. The van der Waals surface area contributed by atoms with E-state index in [0.717, 1.165) is 0 Å². The third-order valence-electron chi connectivity index (χ3n) is 4.70. The van der Waals surface area contributed by atoms with Gasteiger partial charge in [-0.3, -0.25) is 0 Å². The molecule has 0 nitrogen and oxygen atoms in total. The maximum absolute atomic E-state index is 2.36. The summed E-state index contributed by atoms with van der Waals surface area (Å²) in [6, 6.07) is 32.8. The minimum Gasteiger partial charge on any atom is -0.0656 e. The molecule has 3 aromatic carbocycles. The average molecular weight is 317 g/mol. The van der Waals surface area contributed by atoms with E-state index in [-0.39, 0.29) is 0 Å². The smallest absolute Gasteiger partial charge is 0.0656 e. The van der Waals surface area contributed by atoms with Gasteiger partial charge in [0.25, 0.3) is 0 Å². The van der Waals surface area contributed by atoms with Crippen molar-refractivity contribution in [3.05, 3.63) is 90.5 Å². The van der Waals surface area contributed by atoms with Crippen LogP contribution in [0.4, 0.5) is 0 Å². The molecule has 0 aliphatic rings. The highest BCUT2D eigenvalue weighted by Crippen LogP contribution is 2.15. The van der Waals surface area contributed by atoms with Crippen LogP contribution in [-0.2, 0) is 0 Å². The molecule has 116 valence electrons. The summed E-state index contributed by atoms with van der Waals surface area (Å²) in [5.41, 5.74) is 1.33. The number of benzene rings is 3. The summed E-state index contributed by atoms with van der Waals surface area (Å²) in [7, 11) is -1.95. The summed E-state index contributed by atoms with van der Waals surface area (Å²) in [5.74, 6) is 0. The Kier molecular flexibility index (Phi) is 4.78. The van der Waals surface area contributed by atoms with E-state index in [1.54, 1.807) is 0 Å². The second kappa shape index (κ2) is 6.97. The third kappa shape index (κ3) is 3.02. The van der Waals surface area contributed by atoms with Crippen molar-refractivity contribution in [3.63, 3.8) is 0 Å². The first kappa shape index (κ1) is 15.8. The highest BCUT2D eigenvalue weighted by Gasteiger charge is 2.37. The van der Waals surface area contributed by atoms with Crippen LogP contribution < -0.4 is 15.6 Å². The Morgan fingerprint density at radius 1 is 0.609 bits per heavy atom. The molecule has 3 aromatic rings. The molecule has 3 rings (SSSR count). The average Bonchev–Trinajstić information content (AvgIpc) is 2.62. The van der Waals surface area contributed by atoms with Gasteiger partial charge in [-0.2, -0.15) is 0 Å². The van der Waals surface area contributed by atoms with Gasteiger partial charge in [0.05, 0.1) is 0 Å². The van der Waals surface area contributed by atoms with Crippen molar-refractivity contribution in [1.29, 1.82) is 0 Å². The molecule has 0 heterocycles. The molecule has 1 heteroatoms. The maximum atomic E-state index is 2.36. The van der Waals surface area contributed by atoms with Gasteiger partial charge in [-0.1, -0.05) is 104 Å². The van der Waals surface area contributed by atoms with E-state index >= 15 is 0 Å². The normalized spacial score (nSPS) is 11.4. The Balaban J connectivity index is 2.28. The predicted octanol–water partition coefficient (Wildman–Crippen LogP) is 3.88. The molecule has 0 unspecified atom stereocenters. The fourth-order valence-electron chi connectivity index (χ4n) is 3.59. The van der Waals surface area contributed by atoms with Crippen molar-refractivity contribution < 1.29 is 0 Å². The van der Waals surface area contributed by atoms with Crippen molar-refractivity contribution in [3.8, 4) is 0 Å². The van der Waals surface area contributed by atoms with Gasteiger partial charge >= 0.3 is 0 Å². The molecule has 0 saturated heterocycles. The van der Waals surface area contributed by atoms with Crippen LogP contribution in [0.1, 0.15) is 18.9 Å². The molecule has 0 aromatic heterocycles. The van der Waals surface area contributed by atoms with Crippen LogP contribution in [0, 0.1) is 6.92 Å². The topological polar surface area (TPSA) is 0 Å². The molecule has 23 heavy (non-hydrogen) atoms. The van der Waals surface area contributed by atoms with Gasteiger partial charge in [0.1, 0.15) is 8.07 Å². The predicted molar refractivity (Wildman–Crippen MR) is 104 cm³/mol. The SMILES string of the molecule is CCC[Si](c1ccccc1)(c1ccccc1)c1ccc(C)cc1. The van der Waals surface area contributed by atoms with Crippen molar-refractivity contribution >= 4 is 23.6 Å². The number of rotatable bonds is 5. The first-order chi connectivity index (χ1) is 11.3. The highest BCUT2D eigenvalue weighted by molar-refractivity contribution is 7.11. The lowest BCUT2D eigenvalue weighted by Crippen LogP contribution is -2.66. The summed E-state index contributed by atoms with van der Waals surface area (Å²) in [6.07, 6.45) is 1.20. The fraction of sp³-hybridized carbons (Fsp3) is 0.182. The van der Waals surface area contributed by atoms with Crippen LogP contribution >= 0.6 is 0 Å². The molecular formula is C22H24Si. The van der Waals surface area contributed by atoms with Gasteiger partial charge in [-0.15, -0.1) is 0 Å². The molecule has 0 spiro atoms. The Labute approximate surface area is 140 Å². The molecule has 0 fully saturated rings. The third-order valence-corrected chi connectivity index (χ3v) is 9.91. The quantitative estimate of drug-likeness (QED) is 0.495. The van der Waals surface area contributed by atoms with E-state index in [1.165, 1.54) is 33.6 Å². The van der Waals surface area contributed by atoms with Crippen LogP contribution in [0.5, 0.6) is 0 Å². The van der Waals surface area contributed by atoms with E-state index in [2.05, 4.69) is 98.8 Å². The van der Waals surface area contributed by atoms with Gasteiger partial charge in [-0.05, 0) is 28.5 Å². The zero-order chi connectivity index (χ0) is 16.1. The second-order valence-corrected chi connectivity index (χ2v) is 10.3. The summed E-state index contributed by atoms with van der Waals surface area (Å²) in [6.45, 7) is 4.47. The zero-order valence-electron chi connectivity index (χ0n) is 14.0. The fourth-order valence-corrected chi connectivity index (χ4v) is 8.47. The molecule has 0 amide bonds. The van der Waals surface area contributed by atoms with Crippen molar-refractivity contribution in [2.45, 2.75) is 26.3 Å². The lowest BCUT2D eigenvalue weighted by atomic mass is 10.2. The molecule has 0 bridgehead atoms. The van der Waals surface area contributed by atoms with Crippen molar-refractivity contribution in [2.24, 2.45) is 0 Å². The summed E-state index contributed by atoms with van der Waals surface area (Å²) in [5, 5.41) is 4.54. The standard InChI is InChI=1S/C22H24Si/c1-3-18-23(20-10-6-4-7-11-20,21-12-8-5-9-13-21)22-16-14-19(2)15-17-22/h4-17H,3,18H2,1-2H3. The molecule has 0 radical (unpaired) electrons. The van der Waals surface area contributed by atoms with Crippen LogP contribution in [0.3, 0.4) is 0 Å². The van der Waals surface area contributed by atoms with E-state index in [9.17, 15) is 0 Å². The first-order valence-electron chi connectivity index (χ1n) is 8.45. The zero-order valence-corrected chi connectivity index (χ0v) is 15.0.